The number of fused-ring (bicyclic) bond motifs is 1. The normalized spacial score (nSPS) is 10.5. The maximum absolute atomic E-state index is 12.6. The maximum Gasteiger partial charge on any atom is 0.337 e. The lowest BCUT2D eigenvalue weighted by Gasteiger charge is -2.10. The number of anilines is 1. The van der Waals surface area contributed by atoms with E-state index in [-0.39, 0.29) is 22.5 Å². The number of benzene rings is 2. The van der Waals surface area contributed by atoms with Crippen LogP contribution in [-0.2, 0) is 7.05 Å². The second kappa shape index (κ2) is 5.96. The van der Waals surface area contributed by atoms with Gasteiger partial charge in [-0.2, -0.15) is 5.10 Å². The number of carboxylic acids is 1. The summed E-state index contributed by atoms with van der Waals surface area (Å²) >= 11 is 0. The van der Waals surface area contributed by atoms with Crippen LogP contribution in [0.5, 0.6) is 0 Å². The molecular formula is C17H13N3O4. The van der Waals surface area contributed by atoms with Crippen molar-refractivity contribution in [2.45, 2.75) is 0 Å². The molecule has 2 aromatic carbocycles. The van der Waals surface area contributed by atoms with Gasteiger partial charge in [0.15, 0.2) is 5.69 Å². The molecule has 0 aliphatic rings. The number of rotatable bonds is 3. The predicted octanol–water partition coefficient (Wildman–Crippen LogP) is 1.88. The Morgan fingerprint density at radius 2 is 1.67 bits per heavy atom. The molecule has 1 heterocycles. The van der Waals surface area contributed by atoms with Crippen molar-refractivity contribution in [1.29, 1.82) is 0 Å². The fourth-order valence-electron chi connectivity index (χ4n) is 2.43. The molecule has 1 amide bonds. The molecule has 7 heteroatoms. The Hall–Kier alpha value is -3.48. The highest BCUT2D eigenvalue weighted by atomic mass is 16.4. The van der Waals surface area contributed by atoms with Crippen LogP contribution in [0, 0.1) is 0 Å². The van der Waals surface area contributed by atoms with E-state index in [0.29, 0.717) is 10.8 Å². The third-order valence-electron chi connectivity index (χ3n) is 3.58. The number of hydrogen-bond acceptors (Lipinski definition) is 4. The summed E-state index contributed by atoms with van der Waals surface area (Å²) in [7, 11) is 1.46. The van der Waals surface area contributed by atoms with E-state index < -0.39 is 11.9 Å². The van der Waals surface area contributed by atoms with Crippen molar-refractivity contribution in [3.05, 3.63) is 70.1 Å². The number of hydrogen-bond donors (Lipinski definition) is 2. The fraction of sp³-hybridized carbons (Fsp3) is 0.0588. The third-order valence-corrected chi connectivity index (χ3v) is 3.58. The second-order valence-corrected chi connectivity index (χ2v) is 5.13. The van der Waals surface area contributed by atoms with Gasteiger partial charge in [-0.3, -0.25) is 9.59 Å². The van der Waals surface area contributed by atoms with Gasteiger partial charge in [-0.05, 0) is 18.2 Å². The summed E-state index contributed by atoms with van der Waals surface area (Å²) in [5.41, 5.74) is -0.129. The Morgan fingerprint density at radius 1 is 1.04 bits per heavy atom. The number of nitrogens with zero attached hydrogens (tertiary/aromatic N) is 2. The molecule has 0 aliphatic carbocycles. The van der Waals surface area contributed by atoms with Crippen LogP contribution >= 0.6 is 0 Å². The Bertz CT molecular complexity index is 1020. The third kappa shape index (κ3) is 2.63. The molecule has 0 saturated heterocycles. The SMILES string of the molecule is Cn1nc(C(=O)Nc2ccccc2C(=O)O)c2ccccc2c1=O. The number of aromatic carboxylic acids is 1. The molecule has 0 atom stereocenters. The van der Waals surface area contributed by atoms with Gasteiger partial charge in [0.05, 0.1) is 16.6 Å². The Balaban J connectivity index is 2.09. The summed E-state index contributed by atoms with van der Waals surface area (Å²) in [5.74, 6) is -1.74. The first-order valence-corrected chi connectivity index (χ1v) is 7.09. The summed E-state index contributed by atoms with van der Waals surface area (Å²) in [6.07, 6.45) is 0. The molecule has 7 nitrogen and oxygen atoms in total. The van der Waals surface area contributed by atoms with Gasteiger partial charge < -0.3 is 10.4 Å². The van der Waals surface area contributed by atoms with Crippen molar-refractivity contribution in [2.75, 3.05) is 5.32 Å². The van der Waals surface area contributed by atoms with Gasteiger partial charge in [-0.1, -0.05) is 30.3 Å². The van der Waals surface area contributed by atoms with Crippen molar-refractivity contribution >= 4 is 28.3 Å². The fourth-order valence-corrected chi connectivity index (χ4v) is 2.43. The number of aryl methyl sites for hydroxylation is 1. The molecular weight excluding hydrogens is 310 g/mol. The molecule has 2 N–H and O–H groups in total. The summed E-state index contributed by atoms with van der Waals surface area (Å²) in [6, 6.07) is 12.7. The van der Waals surface area contributed by atoms with E-state index in [2.05, 4.69) is 10.4 Å². The number of amides is 1. The number of carboxylic acid groups (broad SMARTS) is 1. The van der Waals surface area contributed by atoms with Gasteiger partial charge in [0, 0.05) is 12.4 Å². The van der Waals surface area contributed by atoms with Crippen molar-refractivity contribution in [2.24, 2.45) is 7.05 Å². The molecule has 24 heavy (non-hydrogen) atoms. The zero-order chi connectivity index (χ0) is 17.3. The van der Waals surface area contributed by atoms with Crippen LogP contribution in [0.2, 0.25) is 0 Å². The molecule has 120 valence electrons. The maximum atomic E-state index is 12.6. The van der Waals surface area contributed by atoms with Crippen molar-refractivity contribution in [3.8, 4) is 0 Å². The van der Waals surface area contributed by atoms with Crippen LogP contribution in [0.25, 0.3) is 10.8 Å². The lowest BCUT2D eigenvalue weighted by Crippen LogP contribution is -2.25. The highest BCUT2D eigenvalue weighted by molar-refractivity contribution is 6.12. The van der Waals surface area contributed by atoms with Crippen molar-refractivity contribution in [3.63, 3.8) is 0 Å². The van der Waals surface area contributed by atoms with E-state index in [1.165, 1.54) is 19.2 Å². The van der Waals surface area contributed by atoms with E-state index in [4.69, 9.17) is 0 Å². The van der Waals surface area contributed by atoms with Gasteiger partial charge in [-0.25, -0.2) is 9.48 Å². The predicted molar refractivity (Wildman–Crippen MR) is 88.3 cm³/mol. The highest BCUT2D eigenvalue weighted by Gasteiger charge is 2.18. The topological polar surface area (TPSA) is 101 Å². The van der Waals surface area contributed by atoms with Crippen LogP contribution in [0.15, 0.2) is 53.3 Å². The number of nitrogens with one attached hydrogen (secondary N) is 1. The van der Waals surface area contributed by atoms with Gasteiger partial charge in [0.1, 0.15) is 0 Å². The van der Waals surface area contributed by atoms with E-state index in [9.17, 15) is 19.5 Å². The van der Waals surface area contributed by atoms with Gasteiger partial charge >= 0.3 is 5.97 Å². The lowest BCUT2D eigenvalue weighted by atomic mass is 10.1. The lowest BCUT2D eigenvalue weighted by molar-refractivity contribution is 0.0698. The molecule has 3 rings (SSSR count). The van der Waals surface area contributed by atoms with E-state index in [1.807, 2.05) is 0 Å². The average molecular weight is 323 g/mol. The van der Waals surface area contributed by atoms with E-state index in [0.717, 1.165) is 4.68 Å². The molecule has 0 radical (unpaired) electrons. The number of carbonyl (C=O) groups excluding carboxylic acids is 1. The number of aromatic nitrogens is 2. The van der Waals surface area contributed by atoms with Crippen LogP contribution < -0.4 is 10.9 Å². The first kappa shape index (κ1) is 15.4. The minimum atomic E-state index is -1.15. The van der Waals surface area contributed by atoms with Gasteiger partial charge in [0.2, 0.25) is 0 Å². The van der Waals surface area contributed by atoms with Gasteiger partial charge in [-0.15, -0.1) is 0 Å². The van der Waals surface area contributed by atoms with Crippen molar-refractivity contribution < 1.29 is 14.7 Å². The number of carbonyl (C=O) groups is 2. The van der Waals surface area contributed by atoms with E-state index >= 15 is 0 Å². The van der Waals surface area contributed by atoms with Crippen LogP contribution in [0.1, 0.15) is 20.8 Å². The molecule has 3 aromatic rings. The quantitative estimate of drug-likeness (QED) is 0.766. The molecule has 0 aliphatic heterocycles. The first-order chi connectivity index (χ1) is 11.5. The Kier molecular flexibility index (Phi) is 3.83. The second-order valence-electron chi connectivity index (χ2n) is 5.13. The minimum absolute atomic E-state index is 0.0278. The summed E-state index contributed by atoms with van der Waals surface area (Å²) < 4.78 is 1.08. The van der Waals surface area contributed by atoms with Gasteiger partial charge in [0.25, 0.3) is 11.5 Å². The smallest absolute Gasteiger partial charge is 0.337 e. The molecule has 0 bridgehead atoms. The minimum Gasteiger partial charge on any atom is -0.478 e. The molecule has 0 saturated carbocycles. The van der Waals surface area contributed by atoms with Crippen LogP contribution in [-0.4, -0.2) is 26.8 Å². The van der Waals surface area contributed by atoms with Crippen molar-refractivity contribution in [1.82, 2.24) is 9.78 Å². The highest BCUT2D eigenvalue weighted by Crippen LogP contribution is 2.18. The summed E-state index contributed by atoms with van der Waals surface area (Å²) in [4.78, 5) is 35.9. The largest absolute Gasteiger partial charge is 0.478 e. The molecule has 0 fully saturated rings. The molecule has 0 spiro atoms. The summed E-state index contributed by atoms with van der Waals surface area (Å²) in [5, 5.41) is 16.5. The monoisotopic (exact) mass is 323 g/mol. The molecule has 1 aromatic heterocycles. The summed E-state index contributed by atoms with van der Waals surface area (Å²) in [6.45, 7) is 0. The zero-order valence-corrected chi connectivity index (χ0v) is 12.7. The zero-order valence-electron chi connectivity index (χ0n) is 12.7. The first-order valence-electron chi connectivity index (χ1n) is 7.09. The van der Waals surface area contributed by atoms with Crippen LogP contribution in [0.4, 0.5) is 5.69 Å². The Labute approximate surface area is 136 Å². The Morgan fingerprint density at radius 3 is 2.38 bits per heavy atom. The van der Waals surface area contributed by atoms with Crippen LogP contribution in [0.3, 0.4) is 0 Å². The number of para-hydroxylation sites is 1. The standard InChI is InChI=1S/C17H13N3O4/c1-20-16(22)11-7-3-2-6-10(11)14(19-20)15(21)18-13-9-5-4-8-12(13)17(23)24/h2-9H,1H3,(H,18,21)(H,23,24). The average Bonchev–Trinajstić information content (AvgIpc) is 2.58. The van der Waals surface area contributed by atoms with E-state index in [1.54, 1.807) is 36.4 Å². The molecule has 0 unspecified atom stereocenters.